The summed E-state index contributed by atoms with van der Waals surface area (Å²) < 4.78 is 2.32. The predicted octanol–water partition coefficient (Wildman–Crippen LogP) is 2.13. The molecule has 128 valence electrons. The van der Waals surface area contributed by atoms with Gasteiger partial charge in [-0.05, 0) is 25.7 Å². The second kappa shape index (κ2) is 6.55. The van der Waals surface area contributed by atoms with Crippen molar-refractivity contribution in [3.05, 3.63) is 33.2 Å². The number of piperidine rings is 1. The lowest BCUT2D eigenvalue weighted by molar-refractivity contribution is 0.465. The number of anilines is 1. The third-order valence-corrected chi connectivity index (χ3v) is 5.41. The van der Waals surface area contributed by atoms with Gasteiger partial charge in [-0.2, -0.15) is 5.10 Å². The van der Waals surface area contributed by atoms with Crippen molar-refractivity contribution < 1.29 is 0 Å². The standard InChI is InChI=1S/C16H21ClN6O/c17-14-12(9-18-21-16(14)24)22-7-4-5-11(10-22)15-20-19-13-6-2-1-3-8-23(13)15/h9,11H,1-8,10H2,(H,21,24)/t11-/m1/s1. The van der Waals surface area contributed by atoms with E-state index in [1.807, 2.05) is 0 Å². The number of aryl methyl sites for hydroxylation is 1. The molecule has 0 unspecified atom stereocenters. The molecule has 2 aromatic rings. The zero-order valence-electron chi connectivity index (χ0n) is 13.5. The van der Waals surface area contributed by atoms with Crippen LogP contribution in [0, 0.1) is 0 Å². The molecule has 1 fully saturated rings. The van der Waals surface area contributed by atoms with Gasteiger partial charge >= 0.3 is 0 Å². The van der Waals surface area contributed by atoms with Crippen molar-refractivity contribution in [1.82, 2.24) is 25.0 Å². The highest BCUT2D eigenvalue weighted by molar-refractivity contribution is 6.33. The van der Waals surface area contributed by atoms with Crippen LogP contribution in [0.25, 0.3) is 0 Å². The Hall–Kier alpha value is -1.89. The van der Waals surface area contributed by atoms with Gasteiger partial charge in [-0.25, -0.2) is 5.10 Å². The molecule has 2 aliphatic rings. The van der Waals surface area contributed by atoms with Gasteiger partial charge in [0.15, 0.2) is 0 Å². The zero-order chi connectivity index (χ0) is 16.5. The Balaban J connectivity index is 1.61. The summed E-state index contributed by atoms with van der Waals surface area (Å²) in [4.78, 5) is 13.9. The summed E-state index contributed by atoms with van der Waals surface area (Å²) in [6.45, 7) is 2.69. The van der Waals surface area contributed by atoms with Crippen molar-refractivity contribution in [1.29, 1.82) is 0 Å². The summed E-state index contributed by atoms with van der Waals surface area (Å²) in [5.74, 6) is 2.52. The van der Waals surface area contributed by atoms with Crippen LogP contribution in [0.3, 0.4) is 0 Å². The summed E-state index contributed by atoms with van der Waals surface area (Å²) in [6, 6.07) is 0. The van der Waals surface area contributed by atoms with Crippen LogP contribution in [0.4, 0.5) is 5.69 Å². The van der Waals surface area contributed by atoms with Gasteiger partial charge in [-0.1, -0.05) is 18.0 Å². The number of nitrogens with one attached hydrogen (secondary N) is 1. The number of fused-ring (bicyclic) bond motifs is 1. The Morgan fingerprint density at radius 2 is 2.08 bits per heavy atom. The highest BCUT2D eigenvalue weighted by Gasteiger charge is 2.28. The molecule has 0 aromatic carbocycles. The van der Waals surface area contributed by atoms with E-state index in [2.05, 4.69) is 29.9 Å². The van der Waals surface area contributed by atoms with E-state index in [1.165, 1.54) is 19.3 Å². The van der Waals surface area contributed by atoms with Gasteiger partial charge in [0, 0.05) is 32.0 Å². The van der Waals surface area contributed by atoms with Gasteiger partial charge < -0.3 is 9.47 Å². The molecule has 0 saturated carbocycles. The van der Waals surface area contributed by atoms with E-state index in [0.717, 1.165) is 50.5 Å². The molecule has 2 aliphatic heterocycles. The maximum absolute atomic E-state index is 11.7. The third kappa shape index (κ3) is 2.81. The Morgan fingerprint density at radius 3 is 3.00 bits per heavy atom. The highest BCUT2D eigenvalue weighted by Crippen LogP contribution is 2.32. The molecule has 0 bridgehead atoms. The van der Waals surface area contributed by atoms with Gasteiger partial charge in [0.2, 0.25) is 0 Å². The number of nitrogens with zero attached hydrogens (tertiary/aromatic N) is 5. The average molecular weight is 349 g/mol. The number of rotatable bonds is 2. The number of hydrogen-bond donors (Lipinski definition) is 1. The van der Waals surface area contributed by atoms with E-state index in [0.29, 0.717) is 11.6 Å². The van der Waals surface area contributed by atoms with Crippen molar-refractivity contribution in [2.75, 3.05) is 18.0 Å². The molecule has 0 radical (unpaired) electrons. The van der Waals surface area contributed by atoms with Gasteiger partial charge in [0.05, 0.1) is 11.9 Å². The summed E-state index contributed by atoms with van der Waals surface area (Å²) >= 11 is 6.18. The largest absolute Gasteiger partial charge is 0.368 e. The molecule has 2 aromatic heterocycles. The van der Waals surface area contributed by atoms with E-state index in [4.69, 9.17) is 11.6 Å². The van der Waals surface area contributed by atoms with Crippen LogP contribution >= 0.6 is 11.6 Å². The predicted molar refractivity (Wildman–Crippen MR) is 91.6 cm³/mol. The normalized spacial score (nSPS) is 21.4. The molecular weight excluding hydrogens is 328 g/mol. The van der Waals surface area contributed by atoms with Gasteiger partial charge in [-0.15, -0.1) is 10.2 Å². The van der Waals surface area contributed by atoms with Crippen molar-refractivity contribution in [2.24, 2.45) is 0 Å². The van der Waals surface area contributed by atoms with Gasteiger partial charge in [0.1, 0.15) is 16.7 Å². The number of halogens is 1. The molecule has 0 aliphatic carbocycles. The van der Waals surface area contributed by atoms with Gasteiger partial charge in [0.25, 0.3) is 5.56 Å². The second-order valence-electron chi connectivity index (χ2n) is 6.62. The van der Waals surface area contributed by atoms with Crippen molar-refractivity contribution in [3.8, 4) is 0 Å². The zero-order valence-corrected chi connectivity index (χ0v) is 14.3. The molecule has 1 atom stereocenters. The maximum Gasteiger partial charge on any atom is 0.285 e. The van der Waals surface area contributed by atoms with Crippen LogP contribution in [0.1, 0.15) is 49.7 Å². The van der Waals surface area contributed by atoms with E-state index in [-0.39, 0.29) is 10.6 Å². The van der Waals surface area contributed by atoms with Crippen LogP contribution in [-0.4, -0.2) is 38.1 Å². The van der Waals surface area contributed by atoms with Crippen LogP contribution in [0.2, 0.25) is 5.02 Å². The van der Waals surface area contributed by atoms with E-state index in [9.17, 15) is 4.79 Å². The SMILES string of the molecule is O=c1[nH]ncc(N2CCC[C@@H](c3nnc4n3CCCCC4)C2)c1Cl. The fraction of sp³-hybridized carbons (Fsp3) is 0.625. The molecule has 8 heteroatoms. The molecule has 4 heterocycles. The Morgan fingerprint density at radius 1 is 1.17 bits per heavy atom. The summed E-state index contributed by atoms with van der Waals surface area (Å²) in [6.07, 6.45) is 8.43. The first-order valence-electron chi connectivity index (χ1n) is 8.64. The molecule has 24 heavy (non-hydrogen) atoms. The van der Waals surface area contributed by atoms with Crippen LogP contribution < -0.4 is 10.5 Å². The van der Waals surface area contributed by atoms with E-state index >= 15 is 0 Å². The van der Waals surface area contributed by atoms with Crippen LogP contribution in [0.5, 0.6) is 0 Å². The van der Waals surface area contributed by atoms with Crippen molar-refractivity contribution in [2.45, 2.75) is 51.0 Å². The van der Waals surface area contributed by atoms with E-state index < -0.39 is 0 Å². The van der Waals surface area contributed by atoms with Crippen molar-refractivity contribution >= 4 is 17.3 Å². The van der Waals surface area contributed by atoms with Gasteiger partial charge in [-0.3, -0.25) is 4.79 Å². The quantitative estimate of drug-likeness (QED) is 0.899. The van der Waals surface area contributed by atoms with Crippen LogP contribution in [-0.2, 0) is 13.0 Å². The first kappa shape index (κ1) is 15.6. The first-order chi connectivity index (χ1) is 11.7. The molecule has 0 spiro atoms. The summed E-state index contributed by atoms with van der Waals surface area (Å²) in [5, 5.41) is 15.4. The number of H-pyrrole nitrogens is 1. The smallest absolute Gasteiger partial charge is 0.285 e. The molecule has 0 amide bonds. The monoisotopic (exact) mass is 348 g/mol. The minimum absolute atomic E-state index is 0.214. The molecule has 7 nitrogen and oxygen atoms in total. The number of hydrogen-bond acceptors (Lipinski definition) is 5. The van der Waals surface area contributed by atoms with E-state index in [1.54, 1.807) is 6.20 Å². The van der Waals surface area contributed by atoms with Crippen LogP contribution in [0.15, 0.2) is 11.0 Å². The number of aromatic nitrogens is 5. The Labute approximate surface area is 145 Å². The third-order valence-electron chi connectivity index (χ3n) is 5.04. The Kier molecular flexibility index (Phi) is 4.26. The topological polar surface area (TPSA) is 79.7 Å². The molecule has 1 saturated heterocycles. The fourth-order valence-corrected chi connectivity index (χ4v) is 4.02. The first-order valence-corrected chi connectivity index (χ1v) is 9.02. The molecule has 4 rings (SSSR count). The number of aromatic amines is 1. The minimum Gasteiger partial charge on any atom is -0.368 e. The Bertz CT molecular complexity index is 785. The lowest BCUT2D eigenvalue weighted by atomic mass is 9.96. The lowest BCUT2D eigenvalue weighted by Crippen LogP contribution is -2.36. The highest BCUT2D eigenvalue weighted by atomic mass is 35.5. The molecule has 1 N–H and O–H groups in total. The average Bonchev–Trinajstić information content (AvgIpc) is 2.86. The van der Waals surface area contributed by atoms with Crippen molar-refractivity contribution in [3.63, 3.8) is 0 Å². The summed E-state index contributed by atoms with van der Waals surface area (Å²) in [5.41, 5.74) is 0.369. The maximum atomic E-state index is 11.7. The lowest BCUT2D eigenvalue weighted by Gasteiger charge is -2.34. The minimum atomic E-state index is -0.340. The molecular formula is C16H21ClN6O. The second-order valence-corrected chi connectivity index (χ2v) is 7.00. The summed E-state index contributed by atoms with van der Waals surface area (Å²) in [7, 11) is 0. The fourth-order valence-electron chi connectivity index (χ4n) is 3.81.